The summed E-state index contributed by atoms with van der Waals surface area (Å²) in [6, 6.07) is 6.95. The Morgan fingerprint density at radius 1 is 1.47 bits per heavy atom. The molecule has 19 heavy (non-hydrogen) atoms. The normalized spacial score (nSPS) is 11.9. The van der Waals surface area contributed by atoms with E-state index in [1.54, 1.807) is 31.2 Å². The smallest absolute Gasteiger partial charge is 0.307 e. The molecule has 1 aromatic carbocycles. The Hall–Kier alpha value is -1.20. The number of rotatable bonds is 7. The molecule has 1 atom stereocenters. The molecular weight excluding hydrogens is 286 g/mol. The van der Waals surface area contributed by atoms with E-state index in [0.29, 0.717) is 28.6 Å². The summed E-state index contributed by atoms with van der Waals surface area (Å²) in [6.45, 7) is 1.65. The van der Waals surface area contributed by atoms with Crippen LogP contribution in [0.4, 0.5) is 5.69 Å². The third-order valence-electron chi connectivity index (χ3n) is 2.37. The average molecular weight is 302 g/mol. The molecule has 4 nitrogen and oxygen atoms in total. The Labute approximate surface area is 121 Å². The molecule has 6 heteroatoms. The predicted octanol–water partition coefficient (Wildman–Crippen LogP) is 3.12. The lowest BCUT2D eigenvalue weighted by atomic mass is 10.2. The maximum atomic E-state index is 11.6. The number of carbonyl (C=O) groups is 2. The summed E-state index contributed by atoms with van der Waals surface area (Å²) in [7, 11) is 0. The Kier molecular flexibility index (Phi) is 6.73. The van der Waals surface area contributed by atoms with Gasteiger partial charge in [0, 0.05) is 28.6 Å². The molecule has 0 spiro atoms. The second kappa shape index (κ2) is 8.07. The van der Waals surface area contributed by atoms with Crippen molar-refractivity contribution >= 4 is 40.9 Å². The zero-order valence-electron chi connectivity index (χ0n) is 10.6. The fourth-order valence-corrected chi connectivity index (χ4v) is 2.47. The topological polar surface area (TPSA) is 66.4 Å². The van der Waals surface area contributed by atoms with E-state index in [4.69, 9.17) is 16.7 Å². The Balaban J connectivity index is 2.23. The van der Waals surface area contributed by atoms with E-state index >= 15 is 0 Å². The van der Waals surface area contributed by atoms with Crippen LogP contribution in [-0.4, -0.2) is 28.5 Å². The lowest BCUT2D eigenvalue weighted by Gasteiger charge is -2.07. The van der Waals surface area contributed by atoms with Gasteiger partial charge in [0.15, 0.2) is 0 Å². The van der Waals surface area contributed by atoms with Gasteiger partial charge in [-0.05, 0) is 18.2 Å². The highest BCUT2D eigenvalue weighted by Gasteiger charge is 2.10. The van der Waals surface area contributed by atoms with Gasteiger partial charge < -0.3 is 10.4 Å². The van der Waals surface area contributed by atoms with Crippen LogP contribution in [0.2, 0.25) is 5.02 Å². The molecule has 0 aromatic heterocycles. The molecular formula is C13H16ClNO3S. The second-order valence-corrected chi connectivity index (χ2v) is 5.71. The lowest BCUT2D eigenvalue weighted by Crippen LogP contribution is -2.14. The highest BCUT2D eigenvalue weighted by molar-refractivity contribution is 7.99. The number of hydrogen-bond donors (Lipinski definition) is 2. The number of carboxylic acid groups (broad SMARTS) is 1. The van der Waals surface area contributed by atoms with Gasteiger partial charge in [-0.1, -0.05) is 24.6 Å². The van der Waals surface area contributed by atoms with E-state index < -0.39 is 5.97 Å². The average Bonchev–Trinajstić information content (AvgIpc) is 2.34. The highest BCUT2D eigenvalue weighted by Crippen LogP contribution is 2.15. The molecule has 1 amide bonds. The summed E-state index contributed by atoms with van der Waals surface area (Å²) in [5.41, 5.74) is 0.668. The number of aliphatic carboxylic acids is 1. The summed E-state index contributed by atoms with van der Waals surface area (Å²) >= 11 is 7.27. The summed E-state index contributed by atoms with van der Waals surface area (Å²) < 4.78 is 0. The molecule has 1 aromatic rings. The lowest BCUT2D eigenvalue weighted by molar-refractivity contribution is -0.140. The van der Waals surface area contributed by atoms with Crippen molar-refractivity contribution in [3.8, 4) is 0 Å². The maximum Gasteiger partial charge on any atom is 0.307 e. The zero-order chi connectivity index (χ0) is 14.3. The van der Waals surface area contributed by atoms with Gasteiger partial charge in [-0.15, -0.1) is 0 Å². The molecule has 0 fully saturated rings. The van der Waals surface area contributed by atoms with Crippen LogP contribution in [0.1, 0.15) is 13.3 Å². The molecule has 0 bridgehead atoms. The Morgan fingerprint density at radius 2 is 2.21 bits per heavy atom. The van der Waals surface area contributed by atoms with Gasteiger partial charge in [-0.3, -0.25) is 9.59 Å². The summed E-state index contributed by atoms with van der Waals surface area (Å²) in [5.74, 6) is -0.182. The van der Waals surface area contributed by atoms with Crippen molar-refractivity contribution in [3.05, 3.63) is 29.3 Å². The molecule has 2 N–H and O–H groups in total. The van der Waals surface area contributed by atoms with Crippen LogP contribution in [0.5, 0.6) is 0 Å². The van der Waals surface area contributed by atoms with Gasteiger partial charge in [-0.25, -0.2) is 0 Å². The van der Waals surface area contributed by atoms with Crippen LogP contribution < -0.4 is 5.32 Å². The van der Waals surface area contributed by atoms with Crippen LogP contribution in [0.15, 0.2) is 24.3 Å². The number of amides is 1. The summed E-state index contributed by atoms with van der Waals surface area (Å²) in [4.78, 5) is 22.2. The molecule has 0 radical (unpaired) electrons. The van der Waals surface area contributed by atoms with Gasteiger partial charge in [-0.2, -0.15) is 11.8 Å². The van der Waals surface area contributed by atoms with E-state index in [9.17, 15) is 9.59 Å². The van der Waals surface area contributed by atoms with Gasteiger partial charge >= 0.3 is 5.97 Å². The predicted molar refractivity (Wildman–Crippen MR) is 78.8 cm³/mol. The monoisotopic (exact) mass is 301 g/mol. The van der Waals surface area contributed by atoms with E-state index in [1.165, 1.54) is 11.8 Å². The van der Waals surface area contributed by atoms with Crippen molar-refractivity contribution in [2.45, 2.75) is 13.3 Å². The Bertz CT molecular complexity index is 453. The van der Waals surface area contributed by atoms with Crippen LogP contribution in [0.25, 0.3) is 0 Å². The molecule has 0 aliphatic heterocycles. The molecule has 0 saturated carbocycles. The number of thioether (sulfide) groups is 1. The minimum Gasteiger partial charge on any atom is -0.481 e. The number of carbonyl (C=O) groups excluding carboxylic acids is 1. The van der Waals surface area contributed by atoms with Crippen molar-refractivity contribution in [1.82, 2.24) is 0 Å². The first kappa shape index (κ1) is 15.9. The molecule has 0 saturated heterocycles. The van der Waals surface area contributed by atoms with Gasteiger partial charge in [0.25, 0.3) is 0 Å². The minimum atomic E-state index is -0.809. The van der Waals surface area contributed by atoms with Gasteiger partial charge in [0.1, 0.15) is 0 Å². The zero-order valence-corrected chi connectivity index (χ0v) is 12.1. The number of nitrogens with one attached hydrogen (secondary N) is 1. The van der Waals surface area contributed by atoms with Crippen LogP contribution in [0.3, 0.4) is 0 Å². The van der Waals surface area contributed by atoms with Crippen LogP contribution in [0, 0.1) is 5.92 Å². The van der Waals surface area contributed by atoms with Crippen LogP contribution in [-0.2, 0) is 9.59 Å². The number of anilines is 1. The first-order valence-electron chi connectivity index (χ1n) is 5.85. The molecule has 104 valence electrons. The molecule has 1 unspecified atom stereocenters. The van der Waals surface area contributed by atoms with E-state index in [0.717, 1.165) is 0 Å². The van der Waals surface area contributed by atoms with E-state index in [-0.39, 0.29) is 11.8 Å². The van der Waals surface area contributed by atoms with Crippen LogP contribution >= 0.6 is 23.4 Å². The van der Waals surface area contributed by atoms with Crippen molar-refractivity contribution in [3.63, 3.8) is 0 Å². The molecule has 1 rings (SSSR count). The van der Waals surface area contributed by atoms with Crippen molar-refractivity contribution in [1.29, 1.82) is 0 Å². The van der Waals surface area contributed by atoms with E-state index in [2.05, 4.69) is 5.32 Å². The first-order valence-corrected chi connectivity index (χ1v) is 7.38. The quantitative estimate of drug-likeness (QED) is 0.759. The largest absolute Gasteiger partial charge is 0.481 e. The van der Waals surface area contributed by atoms with Gasteiger partial charge in [0.2, 0.25) is 5.91 Å². The minimum absolute atomic E-state index is 0.0993. The SMILES string of the molecule is CC(CSCCC(=O)Nc1cccc(Cl)c1)C(=O)O. The van der Waals surface area contributed by atoms with Crippen molar-refractivity contribution in [2.24, 2.45) is 5.92 Å². The number of halogens is 1. The fraction of sp³-hybridized carbons (Fsp3) is 0.385. The molecule has 0 aliphatic carbocycles. The summed E-state index contributed by atoms with van der Waals surface area (Å²) in [5, 5.41) is 12.0. The van der Waals surface area contributed by atoms with Crippen molar-refractivity contribution < 1.29 is 14.7 Å². The molecule has 0 heterocycles. The number of hydrogen-bond acceptors (Lipinski definition) is 3. The van der Waals surface area contributed by atoms with E-state index in [1.807, 2.05) is 0 Å². The molecule has 0 aliphatic rings. The number of carboxylic acids is 1. The number of benzene rings is 1. The first-order chi connectivity index (χ1) is 8.99. The fourth-order valence-electron chi connectivity index (χ4n) is 1.29. The third kappa shape index (κ3) is 6.50. The van der Waals surface area contributed by atoms with Gasteiger partial charge in [0.05, 0.1) is 5.92 Å². The highest BCUT2D eigenvalue weighted by atomic mass is 35.5. The summed E-state index contributed by atoms with van der Waals surface area (Å²) in [6.07, 6.45) is 0.351. The maximum absolute atomic E-state index is 11.6. The third-order valence-corrected chi connectivity index (χ3v) is 3.83. The standard InChI is InChI=1S/C13H16ClNO3S/c1-9(13(17)18)8-19-6-5-12(16)15-11-4-2-3-10(14)7-11/h2-4,7,9H,5-6,8H2,1H3,(H,15,16)(H,17,18). The Morgan fingerprint density at radius 3 is 2.84 bits per heavy atom. The van der Waals surface area contributed by atoms with Crippen molar-refractivity contribution in [2.75, 3.05) is 16.8 Å². The second-order valence-electron chi connectivity index (χ2n) is 4.12.